The normalized spacial score (nSPS) is 18.2. The average molecular weight is 428 g/mol. The van der Waals surface area contributed by atoms with E-state index in [1.807, 2.05) is 18.2 Å². The minimum absolute atomic E-state index is 0.0902. The first kappa shape index (κ1) is 20.9. The van der Waals surface area contributed by atoms with E-state index in [0.29, 0.717) is 13.0 Å². The van der Waals surface area contributed by atoms with Crippen LogP contribution in [0.25, 0.3) is 0 Å². The van der Waals surface area contributed by atoms with Gasteiger partial charge in [-0.3, -0.25) is 4.79 Å². The van der Waals surface area contributed by atoms with Gasteiger partial charge in [0.2, 0.25) is 15.9 Å². The molecule has 0 unspecified atom stereocenters. The van der Waals surface area contributed by atoms with Crippen molar-refractivity contribution < 1.29 is 13.2 Å². The molecule has 2 aromatic rings. The highest BCUT2D eigenvalue weighted by Crippen LogP contribution is 2.27. The third-order valence-corrected chi connectivity index (χ3v) is 7.52. The van der Waals surface area contributed by atoms with Gasteiger partial charge in [-0.2, -0.15) is 0 Å². The molecule has 2 heterocycles. The van der Waals surface area contributed by atoms with Crippen LogP contribution in [0.3, 0.4) is 0 Å². The fourth-order valence-electron chi connectivity index (χ4n) is 4.20. The standard InChI is InChI=1S/C23H29N3O3S/c1-18-12-15-25(16-13-18)22-6-3-2-5-19(22)17-24-30(28,29)21-10-8-20(9-11-21)26-14-4-7-23(26)27/h2-3,5-6,8-11,18,24H,4,7,12-17H2,1H3. The Balaban J connectivity index is 1.45. The van der Waals surface area contributed by atoms with Crippen LogP contribution in [0.4, 0.5) is 11.4 Å². The van der Waals surface area contributed by atoms with Crippen molar-refractivity contribution in [1.29, 1.82) is 0 Å². The molecule has 0 aromatic heterocycles. The highest BCUT2D eigenvalue weighted by molar-refractivity contribution is 7.89. The Hall–Kier alpha value is -2.38. The van der Waals surface area contributed by atoms with Gasteiger partial charge >= 0.3 is 0 Å². The van der Waals surface area contributed by atoms with Crippen molar-refractivity contribution in [3.05, 3.63) is 54.1 Å². The Labute approximate surface area is 178 Å². The molecule has 160 valence electrons. The lowest BCUT2D eigenvalue weighted by Crippen LogP contribution is -2.34. The first-order valence-electron chi connectivity index (χ1n) is 10.7. The van der Waals surface area contributed by atoms with Gasteiger partial charge in [0.15, 0.2) is 0 Å². The number of rotatable bonds is 6. The van der Waals surface area contributed by atoms with Gasteiger partial charge in [0.1, 0.15) is 0 Å². The predicted molar refractivity (Wildman–Crippen MR) is 119 cm³/mol. The molecule has 2 aromatic carbocycles. The van der Waals surface area contributed by atoms with Crippen molar-refractivity contribution in [2.24, 2.45) is 5.92 Å². The van der Waals surface area contributed by atoms with Gasteiger partial charge in [-0.25, -0.2) is 13.1 Å². The lowest BCUT2D eigenvalue weighted by molar-refractivity contribution is -0.117. The zero-order valence-electron chi connectivity index (χ0n) is 17.4. The monoisotopic (exact) mass is 427 g/mol. The molecule has 1 N–H and O–H groups in total. The van der Waals surface area contributed by atoms with Crippen molar-refractivity contribution in [2.45, 2.75) is 44.0 Å². The van der Waals surface area contributed by atoms with Crippen LogP contribution in [0, 0.1) is 5.92 Å². The number of para-hydroxylation sites is 1. The molecule has 0 atom stereocenters. The number of anilines is 2. The number of hydrogen-bond donors (Lipinski definition) is 1. The molecule has 6 nitrogen and oxygen atoms in total. The van der Waals surface area contributed by atoms with Gasteiger partial charge in [0.05, 0.1) is 4.90 Å². The number of nitrogens with one attached hydrogen (secondary N) is 1. The van der Waals surface area contributed by atoms with E-state index in [0.717, 1.165) is 55.2 Å². The summed E-state index contributed by atoms with van der Waals surface area (Å²) in [6.45, 7) is 5.22. The van der Waals surface area contributed by atoms with Crippen LogP contribution in [0.5, 0.6) is 0 Å². The van der Waals surface area contributed by atoms with Crippen LogP contribution in [-0.2, 0) is 21.4 Å². The smallest absolute Gasteiger partial charge is 0.240 e. The van der Waals surface area contributed by atoms with Crippen molar-refractivity contribution in [3.63, 3.8) is 0 Å². The van der Waals surface area contributed by atoms with Crippen LogP contribution >= 0.6 is 0 Å². The molecule has 0 bridgehead atoms. The molecule has 0 radical (unpaired) electrons. The maximum absolute atomic E-state index is 12.8. The quantitative estimate of drug-likeness (QED) is 0.766. The summed E-state index contributed by atoms with van der Waals surface area (Å²) in [7, 11) is -3.64. The van der Waals surface area contributed by atoms with Crippen LogP contribution in [0.15, 0.2) is 53.4 Å². The van der Waals surface area contributed by atoms with Crippen molar-refractivity contribution in [2.75, 3.05) is 29.4 Å². The summed E-state index contributed by atoms with van der Waals surface area (Å²) in [5.41, 5.74) is 2.84. The summed E-state index contributed by atoms with van der Waals surface area (Å²) in [4.78, 5) is 16.2. The topological polar surface area (TPSA) is 69.7 Å². The average Bonchev–Trinajstić information content (AvgIpc) is 3.19. The first-order chi connectivity index (χ1) is 14.4. The number of piperidine rings is 1. The first-order valence-corrected chi connectivity index (χ1v) is 12.2. The Bertz CT molecular complexity index is 997. The highest BCUT2D eigenvalue weighted by atomic mass is 32.2. The predicted octanol–water partition coefficient (Wildman–Crippen LogP) is 3.53. The Kier molecular flexibility index (Phi) is 6.11. The highest BCUT2D eigenvalue weighted by Gasteiger charge is 2.23. The molecule has 2 aliphatic rings. The molecular weight excluding hydrogens is 398 g/mol. The van der Waals surface area contributed by atoms with E-state index in [4.69, 9.17) is 0 Å². The summed E-state index contributed by atoms with van der Waals surface area (Å²) in [5, 5.41) is 0. The van der Waals surface area contributed by atoms with Gasteiger partial charge in [-0.1, -0.05) is 25.1 Å². The molecule has 0 aliphatic carbocycles. The van der Waals surface area contributed by atoms with Crippen molar-refractivity contribution in [1.82, 2.24) is 4.72 Å². The van der Waals surface area contributed by atoms with E-state index in [1.54, 1.807) is 29.2 Å². The molecule has 2 fully saturated rings. The van der Waals surface area contributed by atoms with Gasteiger partial charge in [0.25, 0.3) is 0 Å². The zero-order chi connectivity index (χ0) is 21.1. The fraction of sp³-hybridized carbons (Fsp3) is 0.435. The third kappa shape index (κ3) is 4.52. The molecular formula is C23H29N3O3S. The van der Waals surface area contributed by atoms with Gasteiger partial charge in [0, 0.05) is 44.0 Å². The Morgan fingerprint density at radius 3 is 2.37 bits per heavy atom. The third-order valence-electron chi connectivity index (χ3n) is 6.10. The summed E-state index contributed by atoms with van der Waals surface area (Å²) in [5.74, 6) is 0.832. The van der Waals surface area contributed by atoms with Gasteiger partial charge in [-0.05, 0) is 61.1 Å². The molecule has 7 heteroatoms. The second-order valence-electron chi connectivity index (χ2n) is 8.27. The van der Waals surface area contributed by atoms with Gasteiger partial charge in [-0.15, -0.1) is 0 Å². The number of amides is 1. The van der Waals surface area contributed by atoms with E-state index in [9.17, 15) is 13.2 Å². The van der Waals surface area contributed by atoms with E-state index in [2.05, 4.69) is 22.6 Å². The second-order valence-corrected chi connectivity index (χ2v) is 10.0. The number of carbonyl (C=O) groups excluding carboxylic acids is 1. The van der Waals surface area contributed by atoms with E-state index < -0.39 is 10.0 Å². The van der Waals surface area contributed by atoms with Gasteiger partial charge < -0.3 is 9.80 Å². The van der Waals surface area contributed by atoms with Crippen LogP contribution < -0.4 is 14.5 Å². The van der Waals surface area contributed by atoms with Crippen LogP contribution in [0.2, 0.25) is 0 Å². The summed E-state index contributed by atoms with van der Waals surface area (Å²) in [6.07, 6.45) is 3.71. The number of benzene rings is 2. The molecule has 4 rings (SSSR count). The molecule has 30 heavy (non-hydrogen) atoms. The molecule has 0 saturated carbocycles. The molecule has 0 spiro atoms. The Morgan fingerprint density at radius 2 is 1.70 bits per heavy atom. The van der Waals surface area contributed by atoms with Crippen LogP contribution in [-0.4, -0.2) is 34.0 Å². The van der Waals surface area contributed by atoms with E-state index >= 15 is 0 Å². The number of sulfonamides is 1. The van der Waals surface area contributed by atoms with Crippen LogP contribution in [0.1, 0.15) is 38.2 Å². The summed E-state index contributed by atoms with van der Waals surface area (Å²) in [6, 6.07) is 14.6. The largest absolute Gasteiger partial charge is 0.371 e. The lowest BCUT2D eigenvalue weighted by atomic mass is 9.98. The van der Waals surface area contributed by atoms with E-state index in [-0.39, 0.29) is 17.3 Å². The number of carbonyl (C=O) groups is 1. The fourth-order valence-corrected chi connectivity index (χ4v) is 5.21. The SMILES string of the molecule is CC1CCN(c2ccccc2CNS(=O)(=O)c2ccc(N3CCCC3=O)cc2)CC1. The summed E-state index contributed by atoms with van der Waals surface area (Å²) >= 11 is 0. The second kappa shape index (κ2) is 8.78. The van der Waals surface area contributed by atoms with Crippen molar-refractivity contribution >= 4 is 27.3 Å². The lowest BCUT2D eigenvalue weighted by Gasteiger charge is -2.33. The minimum atomic E-state index is -3.64. The van der Waals surface area contributed by atoms with Crippen molar-refractivity contribution in [3.8, 4) is 0 Å². The maximum atomic E-state index is 12.8. The minimum Gasteiger partial charge on any atom is -0.371 e. The molecule has 1 amide bonds. The Morgan fingerprint density at radius 1 is 1.00 bits per heavy atom. The maximum Gasteiger partial charge on any atom is 0.240 e. The molecule has 2 saturated heterocycles. The van der Waals surface area contributed by atoms with E-state index in [1.165, 1.54) is 0 Å². The zero-order valence-corrected chi connectivity index (χ0v) is 18.2. The number of hydrogen-bond acceptors (Lipinski definition) is 4. The molecule has 2 aliphatic heterocycles. The summed E-state index contributed by atoms with van der Waals surface area (Å²) < 4.78 is 28.4. The number of nitrogens with zero attached hydrogens (tertiary/aromatic N) is 2.